The molecule has 0 saturated carbocycles. The Balaban J connectivity index is 2.08. The highest BCUT2D eigenvalue weighted by molar-refractivity contribution is 9.10. The Hall–Kier alpha value is 0.100. The SMILES string of the molecule is CCCC(CCN)CCCNCc1sccc1Br. The van der Waals surface area contributed by atoms with E-state index in [2.05, 4.69) is 39.6 Å². The van der Waals surface area contributed by atoms with Crippen LogP contribution in [0.25, 0.3) is 0 Å². The minimum atomic E-state index is 0.829. The van der Waals surface area contributed by atoms with E-state index in [0.29, 0.717) is 0 Å². The van der Waals surface area contributed by atoms with Crippen LogP contribution in [0.2, 0.25) is 0 Å². The van der Waals surface area contributed by atoms with Crippen LogP contribution < -0.4 is 11.1 Å². The first-order valence-corrected chi connectivity index (χ1v) is 8.57. The summed E-state index contributed by atoms with van der Waals surface area (Å²) >= 11 is 5.36. The predicted molar refractivity (Wildman–Crippen MR) is 85.0 cm³/mol. The maximum atomic E-state index is 5.65. The lowest BCUT2D eigenvalue weighted by Gasteiger charge is -2.14. The summed E-state index contributed by atoms with van der Waals surface area (Å²) in [4.78, 5) is 1.39. The van der Waals surface area contributed by atoms with Crippen LogP contribution in [0.15, 0.2) is 15.9 Å². The van der Waals surface area contributed by atoms with Crippen LogP contribution in [-0.4, -0.2) is 13.1 Å². The van der Waals surface area contributed by atoms with Crippen LogP contribution in [0, 0.1) is 5.92 Å². The van der Waals surface area contributed by atoms with Gasteiger partial charge in [0.05, 0.1) is 0 Å². The maximum absolute atomic E-state index is 5.65. The van der Waals surface area contributed by atoms with Crippen LogP contribution in [0.3, 0.4) is 0 Å². The number of hydrogen-bond acceptors (Lipinski definition) is 3. The van der Waals surface area contributed by atoms with Gasteiger partial charge >= 0.3 is 0 Å². The van der Waals surface area contributed by atoms with Gasteiger partial charge in [0, 0.05) is 15.9 Å². The van der Waals surface area contributed by atoms with E-state index < -0.39 is 0 Å². The van der Waals surface area contributed by atoms with Crippen molar-refractivity contribution in [2.24, 2.45) is 11.7 Å². The molecule has 1 atom stereocenters. The molecule has 104 valence electrons. The average Bonchev–Trinajstić information content (AvgIpc) is 2.75. The number of nitrogens with one attached hydrogen (secondary N) is 1. The molecular weight excluding hydrogens is 308 g/mol. The van der Waals surface area contributed by atoms with E-state index in [1.165, 1.54) is 41.5 Å². The fourth-order valence-electron chi connectivity index (χ4n) is 2.25. The molecule has 18 heavy (non-hydrogen) atoms. The zero-order valence-electron chi connectivity index (χ0n) is 11.3. The Morgan fingerprint density at radius 3 is 2.83 bits per heavy atom. The van der Waals surface area contributed by atoms with E-state index >= 15 is 0 Å². The third-order valence-corrected chi connectivity index (χ3v) is 5.14. The van der Waals surface area contributed by atoms with E-state index in [1.807, 2.05) is 0 Å². The van der Waals surface area contributed by atoms with Gasteiger partial charge in [-0.1, -0.05) is 19.8 Å². The number of halogens is 1. The first kappa shape index (κ1) is 16.2. The highest BCUT2D eigenvalue weighted by Crippen LogP contribution is 2.22. The first-order chi connectivity index (χ1) is 8.77. The topological polar surface area (TPSA) is 38.0 Å². The van der Waals surface area contributed by atoms with Gasteiger partial charge in [0.25, 0.3) is 0 Å². The molecule has 0 aliphatic heterocycles. The fraction of sp³-hybridized carbons (Fsp3) is 0.714. The van der Waals surface area contributed by atoms with E-state index in [4.69, 9.17) is 5.73 Å². The zero-order valence-corrected chi connectivity index (χ0v) is 13.7. The summed E-state index contributed by atoms with van der Waals surface area (Å²) in [6, 6.07) is 2.11. The van der Waals surface area contributed by atoms with Gasteiger partial charge in [-0.2, -0.15) is 0 Å². The van der Waals surface area contributed by atoms with E-state index in [0.717, 1.165) is 25.6 Å². The van der Waals surface area contributed by atoms with Crippen molar-refractivity contribution >= 4 is 27.3 Å². The van der Waals surface area contributed by atoms with Crippen molar-refractivity contribution in [3.8, 4) is 0 Å². The van der Waals surface area contributed by atoms with Crippen LogP contribution in [0.1, 0.15) is 43.9 Å². The second-order valence-electron chi connectivity index (χ2n) is 4.74. The zero-order chi connectivity index (χ0) is 13.2. The molecule has 0 radical (unpaired) electrons. The third kappa shape index (κ3) is 6.32. The lowest BCUT2D eigenvalue weighted by molar-refractivity contribution is 0.404. The van der Waals surface area contributed by atoms with Crippen LogP contribution in [0.4, 0.5) is 0 Å². The fourth-order valence-corrected chi connectivity index (χ4v) is 3.71. The van der Waals surface area contributed by atoms with Crippen molar-refractivity contribution in [3.05, 3.63) is 20.8 Å². The third-order valence-electron chi connectivity index (χ3n) is 3.21. The Morgan fingerprint density at radius 1 is 1.39 bits per heavy atom. The minimum absolute atomic E-state index is 0.829. The van der Waals surface area contributed by atoms with Crippen molar-refractivity contribution < 1.29 is 0 Å². The summed E-state index contributed by atoms with van der Waals surface area (Å²) < 4.78 is 1.23. The number of hydrogen-bond donors (Lipinski definition) is 2. The van der Waals surface area contributed by atoms with Crippen LogP contribution in [0.5, 0.6) is 0 Å². The lowest BCUT2D eigenvalue weighted by Crippen LogP contribution is -2.16. The standard InChI is InChI=1S/C14H25BrN2S/c1-2-4-12(6-8-16)5-3-9-17-11-14-13(15)7-10-18-14/h7,10,12,17H,2-6,8-9,11,16H2,1H3. The van der Waals surface area contributed by atoms with Gasteiger partial charge in [0.15, 0.2) is 0 Å². The van der Waals surface area contributed by atoms with Gasteiger partial charge < -0.3 is 11.1 Å². The quantitative estimate of drug-likeness (QED) is 0.632. The molecule has 3 N–H and O–H groups in total. The van der Waals surface area contributed by atoms with Gasteiger partial charge in [0.1, 0.15) is 0 Å². The summed E-state index contributed by atoms with van der Waals surface area (Å²) in [5.41, 5.74) is 5.65. The summed E-state index contributed by atoms with van der Waals surface area (Å²) in [5, 5.41) is 5.64. The molecule has 1 aromatic rings. The van der Waals surface area contributed by atoms with Crippen LogP contribution in [-0.2, 0) is 6.54 Å². The van der Waals surface area contributed by atoms with Gasteiger partial charge in [-0.05, 0) is 65.6 Å². The number of nitrogens with two attached hydrogens (primary N) is 1. The highest BCUT2D eigenvalue weighted by Gasteiger charge is 2.06. The minimum Gasteiger partial charge on any atom is -0.330 e. The largest absolute Gasteiger partial charge is 0.330 e. The van der Waals surface area contributed by atoms with Gasteiger partial charge in [-0.15, -0.1) is 11.3 Å². The van der Waals surface area contributed by atoms with Gasteiger partial charge in [0.2, 0.25) is 0 Å². The molecular formula is C14H25BrN2S. The Labute approximate surface area is 123 Å². The molecule has 0 saturated heterocycles. The molecule has 0 fully saturated rings. The van der Waals surface area contributed by atoms with E-state index in [-0.39, 0.29) is 0 Å². The van der Waals surface area contributed by atoms with Crippen molar-refractivity contribution in [2.75, 3.05) is 13.1 Å². The lowest BCUT2D eigenvalue weighted by atomic mass is 9.94. The number of thiophene rings is 1. The van der Waals surface area contributed by atoms with Crippen molar-refractivity contribution in [1.82, 2.24) is 5.32 Å². The second-order valence-corrected chi connectivity index (χ2v) is 6.60. The smallest absolute Gasteiger partial charge is 0.0327 e. The van der Waals surface area contributed by atoms with Gasteiger partial charge in [-0.25, -0.2) is 0 Å². The average molecular weight is 333 g/mol. The van der Waals surface area contributed by atoms with Gasteiger partial charge in [-0.3, -0.25) is 0 Å². The molecule has 1 aromatic heterocycles. The summed E-state index contributed by atoms with van der Waals surface area (Å²) in [5.74, 6) is 0.829. The molecule has 4 heteroatoms. The predicted octanol–water partition coefficient (Wildman–Crippen LogP) is 4.15. The molecule has 1 unspecified atom stereocenters. The first-order valence-electron chi connectivity index (χ1n) is 6.90. The molecule has 0 aliphatic rings. The van der Waals surface area contributed by atoms with E-state index in [9.17, 15) is 0 Å². The Morgan fingerprint density at radius 2 is 2.22 bits per heavy atom. The summed E-state index contributed by atoms with van der Waals surface area (Å²) in [7, 11) is 0. The molecule has 1 heterocycles. The monoisotopic (exact) mass is 332 g/mol. The summed E-state index contributed by atoms with van der Waals surface area (Å²) in [6.45, 7) is 5.18. The number of rotatable bonds is 10. The molecule has 0 aliphatic carbocycles. The van der Waals surface area contributed by atoms with Crippen molar-refractivity contribution in [3.63, 3.8) is 0 Å². The van der Waals surface area contributed by atoms with Crippen LogP contribution >= 0.6 is 27.3 Å². The summed E-state index contributed by atoms with van der Waals surface area (Å²) in [6.07, 6.45) is 6.36. The molecule has 0 spiro atoms. The molecule has 0 bridgehead atoms. The van der Waals surface area contributed by atoms with E-state index in [1.54, 1.807) is 11.3 Å². The normalized spacial score (nSPS) is 12.8. The Bertz CT molecular complexity index is 308. The maximum Gasteiger partial charge on any atom is 0.0327 e. The van der Waals surface area contributed by atoms with Crippen molar-refractivity contribution in [1.29, 1.82) is 0 Å². The molecule has 0 aromatic carbocycles. The molecule has 0 amide bonds. The second kappa shape index (κ2) is 9.96. The van der Waals surface area contributed by atoms with Crippen molar-refractivity contribution in [2.45, 2.75) is 45.6 Å². The molecule has 1 rings (SSSR count). The highest BCUT2D eigenvalue weighted by atomic mass is 79.9. The molecule has 2 nitrogen and oxygen atoms in total. The Kier molecular flexibility index (Phi) is 8.94.